The standard InChI is InChI=1S/C15H22N2O3S/c1-17(9-11(18)10-20-2)15(19)16-13-7-8-21-14-6-4-3-5-12(13)14/h3-6,11,13,18H,7-10H2,1-2H3,(H,16,19)/t11-,13+/m0/s1. The minimum Gasteiger partial charge on any atom is -0.389 e. The van der Waals surface area contributed by atoms with Gasteiger partial charge in [0.15, 0.2) is 0 Å². The third-order valence-electron chi connectivity index (χ3n) is 3.45. The van der Waals surface area contributed by atoms with E-state index in [1.807, 2.05) is 23.9 Å². The molecule has 6 heteroatoms. The number of nitrogens with one attached hydrogen (secondary N) is 1. The average Bonchev–Trinajstić information content (AvgIpc) is 2.47. The summed E-state index contributed by atoms with van der Waals surface area (Å²) in [5.41, 5.74) is 1.17. The second kappa shape index (κ2) is 7.68. The van der Waals surface area contributed by atoms with Gasteiger partial charge in [0, 0.05) is 24.8 Å². The van der Waals surface area contributed by atoms with E-state index in [-0.39, 0.29) is 25.2 Å². The van der Waals surface area contributed by atoms with Crippen LogP contribution in [0.4, 0.5) is 4.79 Å². The van der Waals surface area contributed by atoms with Crippen LogP contribution in [0.2, 0.25) is 0 Å². The molecule has 1 aliphatic rings. The van der Waals surface area contributed by atoms with Gasteiger partial charge < -0.3 is 20.1 Å². The van der Waals surface area contributed by atoms with E-state index in [0.29, 0.717) is 0 Å². The topological polar surface area (TPSA) is 61.8 Å². The van der Waals surface area contributed by atoms with Crippen molar-refractivity contribution in [1.29, 1.82) is 0 Å². The summed E-state index contributed by atoms with van der Waals surface area (Å²) < 4.78 is 4.87. The van der Waals surface area contributed by atoms with Gasteiger partial charge in [0.25, 0.3) is 0 Å². The van der Waals surface area contributed by atoms with Gasteiger partial charge in [-0.15, -0.1) is 11.8 Å². The summed E-state index contributed by atoms with van der Waals surface area (Å²) in [4.78, 5) is 14.9. The molecule has 0 bridgehead atoms. The van der Waals surface area contributed by atoms with Crippen LogP contribution in [0.15, 0.2) is 29.2 Å². The molecular formula is C15H22N2O3S. The molecule has 0 aliphatic carbocycles. The molecule has 1 aromatic rings. The molecule has 1 aliphatic heterocycles. The van der Waals surface area contributed by atoms with Gasteiger partial charge in [0.1, 0.15) is 0 Å². The molecule has 1 aromatic carbocycles. The highest BCUT2D eigenvalue weighted by molar-refractivity contribution is 7.99. The molecule has 21 heavy (non-hydrogen) atoms. The molecule has 0 saturated carbocycles. The maximum Gasteiger partial charge on any atom is 0.317 e. The van der Waals surface area contributed by atoms with Gasteiger partial charge in [0.2, 0.25) is 0 Å². The number of methoxy groups -OCH3 is 1. The normalized spacial score (nSPS) is 18.7. The molecule has 0 unspecified atom stereocenters. The SMILES string of the molecule is COC[C@@H](O)CN(C)C(=O)N[C@@H]1CCSc2ccccc21. The van der Waals surface area contributed by atoms with Crippen molar-refractivity contribution < 1.29 is 14.6 Å². The highest BCUT2D eigenvalue weighted by Gasteiger charge is 2.23. The lowest BCUT2D eigenvalue weighted by molar-refractivity contribution is 0.0487. The number of aliphatic hydroxyl groups is 1. The number of ether oxygens (including phenoxy) is 1. The van der Waals surface area contributed by atoms with Crippen molar-refractivity contribution in [3.8, 4) is 0 Å². The van der Waals surface area contributed by atoms with Crippen molar-refractivity contribution in [3.05, 3.63) is 29.8 Å². The lowest BCUT2D eigenvalue weighted by atomic mass is 10.0. The monoisotopic (exact) mass is 310 g/mol. The van der Waals surface area contributed by atoms with Crippen LogP contribution in [-0.2, 0) is 4.74 Å². The number of carbonyl (C=O) groups is 1. The van der Waals surface area contributed by atoms with Crippen molar-refractivity contribution >= 4 is 17.8 Å². The first-order valence-electron chi connectivity index (χ1n) is 7.02. The number of nitrogens with zero attached hydrogens (tertiary/aromatic N) is 1. The Morgan fingerprint density at radius 3 is 3.10 bits per heavy atom. The molecule has 0 aromatic heterocycles. The maximum absolute atomic E-state index is 12.2. The zero-order valence-corrected chi connectivity index (χ0v) is 13.2. The molecule has 2 amide bonds. The van der Waals surface area contributed by atoms with Crippen LogP contribution in [-0.4, -0.2) is 55.2 Å². The molecular weight excluding hydrogens is 288 g/mol. The highest BCUT2D eigenvalue weighted by Crippen LogP contribution is 2.35. The van der Waals surface area contributed by atoms with Gasteiger partial charge in [-0.3, -0.25) is 0 Å². The van der Waals surface area contributed by atoms with Crippen molar-refractivity contribution in [1.82, 2.24) is 10.2 Å². The Balaban J connectivity index is 1.94. The Bertz CT molecular complexity index is 484. The summed E-state index contributed by atoms with van der Waals surface area (Å²) >= 11 is 1.82. The average molecular weight is 310 g/mol. The predicted molar refractivity (Wildman–Crippen MR) is 83.6 cm³/mol. The molecule has 0 spiro atoms. The van der Waals surface area contributed by atoms with Gasteiger partial charge in [-0.05, 0) is 18.1 Å². The van der Waals surface area contributed by atoms with Crippen molar-refractivity contribution in [2.24, 2.45) is 0 Å². The molecule has 116 valence electrons. The Labute approximate surface area is 129 Å². The van der Waals surface area contributed by atoms with E-state index >= 15 is 0 Å². The number of amides is 2. The number of carbonyl (C=O) groups excluding carboxylic acids is 1. The van der Waals surface area contributed by atoms with Crippen molar-refractivity contribution in [3.63, 3.8) is 0 Å². The van der Waals surface area contributed by atoms with Crippen LogP contribution in [0, 0.1) is 0 Å². The largest absolute Gasteiger partial charge is 0.389 e. The quantitative estimate of drug-likeness (QED) is 0.871. The fraction of sp³-hybridized carbons (Fsp3) is 0.533. The number of aliphatic hydroxyl groups excluding tert-OH is 1. The third-order valence-corrected chi connectivity index (χ3v) is 4.57. The number of hydrogen-bond acceptors (Lipinski definition) is 4. The minimum absolute atomic E-state index is 0.0389. The first kappa shape index (κ1) is 16.1. The van der Waals surface area contributed by atoms with E-state index < -0.39 is 6.10 Å². The fourth-order valence-electron chi connectivity index (χ4n) is 2.40. The lowest BCUT2D eigenvalue weighted by Crippen LogP contribution is -2.44. The third kappa shape index (κ3) is 4.36. The second-order valence-corrected chi connectivity index (χ2v) is 6.30. The van der Waals surface area contributed by atoms with Crippen LogP contribution >= 0.6 is 11.8 Å². The predicted octanol–water partition coefficient (Wildman–Crippen LogP) is 1.87. The number of urea groups is 1. The maximum atomic E-state index is 12.2. The fourth-order valence-corrected chi connectivity index (χ4v) is 3.52. The Morgan fingerprint density at radius 2 is 2.33 bits per heavy atom. The van der Waals surface area contributed by atoms with Crippen molar-refractivity contribution in [2.45, 2.75) is 23.5 Å². The zero-order chi connectivity index (χ0) is 15.2. The Kier molecular flexibility index (Phi) is 5.90. The zero-order valence-electron chi connectivity index (χ0n) is 12.4. The molecule has 2 rings (SSSR count). The summed E-state index contributed by atoms with van der Waals surface area (Å²) in [6.45, 7) is 0.476. The van der Waals surface area contributed by atoms with E-state index in [9.17, 15) is 9.90 Å². The van der Waals surface area contributed by atoms with Gasteiger partial charge >= 0.3 is 6.03 Å². The van der Waals surface area contributed by atoms with Crippen LogP contribution < -0.4 is 5.32 Å². The molecule has 0 radical (unpaired) electrons. The molecule has 0 fully saturated rings. The van der Waals surface area contributed by atoms with Gasteiger partial charge in [0.05, 0.1) is 25.3 Å². The molecule has 5 nitrogen and oxygen atoms in total. The first-order chi connectivity index (χ1) is 10.1. The number of thioether (sulfide) groups is 1. The lowest BCUT2D eigenvalue weighted by Gasteiger charge is -2.28. The number of rotatable bonds is 5. The van der Waals surface area contributed by atoms with Crippen LogP contribution in [0.1, 0.15) is 18.0 Å². The number of hydrogen-bond donors (Lipinski definition) is 2. The van der Waals surface area contributed by atoms with E-state index in [1.165, 1.54) is 22.5 Å². The van der Waals surface area contributed by atoms with E-state index in [4.69, 9.17) is 4.74 Å². The Morgan fingerprint density at radius 1 is 1.57 bits per heavy atom. The summed E-state index contributed by atoms with van der Waals surface area (Å²) in [7, 11) is 3.21. The van der Waals surface area contributed by atoms with E-state index in [0.717, 1.165) is 12.2 Å². The van der Waals surface area contributed by atoms with Gasteiger partial charge in [-0.2, -0.15) is 0 Å². The highest BCUT2D eigenvalue weighted by atomic mass is 32.2. The number of benzene rings is 1. The van der Waals surface area contributed by atoms with Gasteiger partial charge in [-0.25, -0.2) is 4.79 Å². The number of fused-ring (bicyclic) bond motifs is 1. The summed E-state index contributed by atoms with van der Waals surface area (Å²) in [6.07, 6.45) is 0.252. The minimum atomic E-state index is -0.667. The van der Waals surface area contributed by atoms with Crippen LogP contribution in [0.3, 0.4) is 0 Å². The van der Waals surface area contributed by atoms with Gasteiger partial charge in [-0.1, -0.05) is 18.2 Å². The second-order valence-electron chi connectivity index (χ2n) is 5.17. The van der Waals surface area contributed by atoms with E-state index in [2.05, 4.69) is 17.4 Å². The summed E-state index contributed by atoms with van der Waals surface area (Å²) in [6, 6.07) is 8.03. The smallest absolute Gasteiger partial charge is 0.317 e. The first-order valence-corrected chi connectivity index (χ1v) is 8.00. The van der Waals surface area contributed by atoms with Crippen LogP contribution in [0.25, 0.3) is 0 Å². The summed E-state index contributed by atoms with van der Waals surface area (Å²) in [5, 5.41) is 12.7. The van der Waals surface area contributed by atoms with Crippen molar-refractivity contribution in [2.75, 3.05) is 33.1 Å². The molecule has 2 N–H and O–H groups in total. The molecule has 0 saturated heterocycles. The molecule has 2 atom stereocenters. The Hall–Kier alpha value is -1.24. The van der Waals surface area contributed by atoms with E-state index in [1.54, 1.807) is 7.05 Å². The summed E-state index contributed by atoms with van der Waals surface area (Å²) in [5.74, 6) is 0.998. The van der Waals surface area contributed by atoms with Crippen LogP contribution in [0.5, 0.6) is 0 Å². The number of likely N-dealkylation sites (N-methyl/N-ethyl adjacent to an activating group) is 1. The molecule has 1 heterocycles.